The third-order valence-electron chi connectivity index (χ3n) is 8.59. The van der Waals surface area contributed by atoms with Crippen LogP contribution in [0.1, 0.15) is 66.9 Å². The van der Waals surface area contributed by atoms with Crippen LogP contribution in [-0.2, 0) is 30.3 Å². The number of hydrogen-bond donors (Lipinski definition) is 0. The molecule has 0 unspecified atom stereocenters. The molecular weight excluding hydrogens is 577 g/mol. The Balaban J connectivity index is 2.00. The summed E-state index contributed by atoms with van der Waals surface area (Å²) in [5, 5.41) is 0. The summed E-state index contributed by atoms with van der Waals surface area (Å²) in [7, 11) is -4.23. The molecule has 1 aliphatic heterocycles. The zero-order valence-corrected chi connectivity index (χ0v) is 29.1. The second-order valence-corrected chi connectivity index (χ2v) is 20.0. The molecule has 3 atom stereocenters. The van der Waals surface area contributed by atoms with Gasteiger partial charge in [0.2, 0.25) is 8.32 Å². The molecule has 0 spiro atoms. The summed E-state index contributed by atoms with van der Waals surface area (Å²) >= 11 is 0. The van der Waals surface area contributed by atoms with E-state index in [-0.39, 0.29) is 11.9 Å². The normalized spacial score (nSPS) is 17.9. The quantitative estimate of drug-likeness (QED) is 0.138. The number of benzene rings is 2. The van der Waals surface area contributed by atoms with E-state index in [1.54, 1.807) is 31.4 Å². The van der Waals surface area contributed by atoms with Crippen molar-refractivity contribution in [3.8, 4) is 5.75 Å². The van der Waals surface area contributed by atoms with Gasteiger partial charge in [0.15, 0.2) is 9.84 Å². The van der Waals surface area contributed by atoms with Crippen LogP contribution < -0.4 is 4.74 Å². The van der Waals surface area contributed by atoms with Crippen LogP contribution in [-0.4, -0.2) is 54.5 Å². The van der Waals surface area contributed by atoms with Crippen LogP contribution in [0.2, 0.25) is 16.6 Å². The van der Waals surface area contributed by atoms with Gasteiger partial charge in [0, 0.05) is 0 Å². The minimum absolute atomic E-state index is 0.0423. The maximum absolute atomic E-state index is 13.4. The summed E-state index contributed by atoms with van der Waals surface area (Å²) in [5.41, 5.74) is 3.35. The molecule has 0 saturated carbocycles. The van der Waals surface area contributed by atoms with Crippen LogP contribution >= 0.6 is 0 Å². The molecule has 0 fully saturated rings. The average molecular weight is 629 g/mol. The molecule has 0 N–H and O–H groups in total. The first-order chi connectivity index (χ1) is 20.4. The maximum atomic E-state index is 13.4. The molecule has 8 heteroatoms. The molecule has 0 aliphatic carbocycles. The van der Waals surface area contributed by atoms with Crippen molar-refractivity contribution in [2.75, 3.05) is 19.5 Å². The Morgan fingerprint density at radius 2 is 1.58 bits per heavy atom. The number of sulfone groups is 1. The third-order valence-corrected chi connectivity index (χ3v) is 16.4. The first kappa shape index (κ1) is 35.2. The smallest absolute Gasteiger partial charge is 0.201 e. The lowest BCUT2D eigenvalue weighted by Crippen LogP contribution is -2.52. The predicted octanol–water partition coefficient (Wildman–Crippen LogP) is 8.30. The van der Waals surface area contributed by atoms with Gasteiger partial charge >= 0.3 is 0 Å². The van der Waals surface area contributed by atoms with Gasteiger partial charge in [-0.3, -0.25) is 0 Å². The highest BCUT2D eigenvalue weighted by Gasteiger charge is 2.47. The van der Waals surface area contributed by atoms with E-state index in [0.29, 0.717) is 41.2 Å². The Kier molecular flexibility index (Phi) is 13.3. The Labute approximate surface area is 261 Å². The summed E-state index contributed by atoms with van der Waals surface area (Å²) in [6.45, 7) is 16.6. The van der Waals surface area contributed by atoms with Crippen LogP contribution in [0.3, 0.4) is 0 Å². The number of rotatable bonds is 16. The molecule has 43 heavy (non-hydrogen) atoms. The van der Waals surface area contributed by atoms with Crippen molar-refractivity contribution in [1.82, 2.24) is 0 Å². The van der Waals surface area contributed by atoms with Gasteiger partial charge in [0.1, 0.15) is 5.75 Å². The molecule has 1 aliphatic rings. The summed E-state index contributed by atoms with van der Waals surface area (Å²) in [6.07, 6.45) is 6.44. The molecule has 0 amide bonds. The third kappa shape index (κ3) is 9.62. The minimum atomic E-state index is -3.51. The molecule has 3 rings (SSSR count). The molecule has 6 nitrogen and oxygen atoms in total. The zero-order chi connectivity index (χ0) is 31.6. The Bertz CT molecular complexity index is 1260. The van der Waals surface area contributed by atoms with Gasteiger partial charge in [-0.05, 0) is 66.2 Å². The molecule has 2 aromatic rings. The number of methoxy groups -OCH3 is 1. The van der Waals surface area contributed by atoms with E-state index in [9.17, 15) is 8.42 Å². The SMILES string of the molecule is COc1ccc(CO[C@@H](CCS(=O)(=O)c2ccccc2)[C@H](/C=C/[C@@H]2CC(C)=CCO2)O[Si](C(C)C)(C(C)C)C(C)C)cc1. The van der Waals surface area contributed by atoms with Crippen LogP contribution in [0.4, 0.5) is 0 Å². The second kappa shape index (κ2) is 16.2. The molecule has 0 saturated heterocycles. The second-order valence-electron chi connectivity index (χ2n) is 12.5. The first-order valence-corrected chi connectivity index (χ1v) is 19.3. The van der Waals surface area contributed by atoms with Crippen molar-refractivity contribution >= 4 is 18.2 Å². The first-order valence-electron chi connectivity index (χ1n) is 15.5. The average Bonchev–Trinajstić information content (AvgIpc) is 2.98. The minimum Gasteiger partial charge on any atom is -0.497 e. The van der Waals surface area contributed by atoms with Gasteiger partial charge in [0.05, 0.1) is 49.3 Å². The molecule has 0 radical (unpaired) electrons. The van der Waals surface area contributed by atoms with Crippen LogP contribution in [0, 0.1) is 0 Å². The number of ether oxygens (including phenoxy) is 3. The van der Waals surface area contributed by atoms with E-state index in [2.05, 4.69) is 66.7 Å². The fraction of sp³-hybridized carbons (Fsp3) is 0.543. The van der Waals surface area contributed by atoms with E-state index < -0.39 is 30.4 Å². The standard InChI is InChI=1S/C35H52O6SSi/c1-26(2)43(27(3)4,28(5)6)41-35(19-18-32-24-29(7)20-22-39-32)34(40-25-30-14-16-31(38-8)17-15-30)21-23-42(36,37)33-12-10-9-11-13-33/h9-20,26-28,32,34-35H,21-25H2,1-8H3/b19-18+/t32-,34+,35+/m1/s1. The molecule has 238 valence electrons. The lowest BCUT2D eigenvalue weighted by molar-refractivity contribution is -0.0248. The Morgan fingerprint density at radius 1 is 0.953 bits per heavy atom. The summed E-state index contributed by atoms with van der Waals surface area (Å²) in [5.74, 6) is 0.733. The summed E-state index contributed by atoms with van der Waals surface area (Å²) in [6, 6.07) is 16.4. The van der Waals surface area contributed by atoms with Gasteiger partial charge < -0.3 is 18.6 Å². The van der Waals surface area contributed by atoms with E-state index in [0.717, 1.165) is 17.7 Å². The lowest BCUT2D eigenvalue weighted by atomic mass is 10.0. The highest BCUT2D eigenvalue weighted by atomic mass is 32.2. The van der Waals surface area contributed by atoms with Crippen molar-refractivity contribution < 1.29 is 27.1 Å². The molecule has 0 bridgehead atoms. The predicted molar refractivity (Wildman–Crippen MR) is 178 cm³/mol. The number of hydrogen-bond acceptors (Lipinski definition) is 6. The van der Waals surface area contributed by atoms with Gasteiger partial charge in [-0.2, -0.15) is 0 Å². The monoisotopic (exact) mass is 628 g/mol. The van der Waals surface area contributed by atoms with Crippen molar-refractivity contribution in [1.29, 1.82) is 0 Å². The zero-order valence-electron chi connectivity index (χ0n) is 27.3. The Morgan fingerprint density at radius 3 is 2.14 bits per heavy atom. The fourth-order valence-electron chi connectivity index (χ4n) is 6.30. The van der Waals surface area contributed by atoms with E-state index in [1.807, 2.05) is 30.3 Å². The van der Waals surface area contributed by atoms with E-state index in [1.165, 1.54) is 5.57 Å². The van der Waals surface area contributed by atoms with Gasteiger partial charge in [-0.25, -0.2) is 8.42 Å². The Hall–Kier alpha value is -2.23. The molecule has 1 heterocycles. The topological polar surface area (TPSA) is 71.1 Å². The highest BCUT2D eigenvalue weighted by Crippen LogP contribution is 2.44. The van der Waals surface area contributed by atoms with Gasteiger partial charge in [-0.1, -0.05) is 95.7 Å². The van der Waals surface area contributed by atoms with Crippen LogP contribution in [0.15, 0.2) is 83.3 Å². The van der Waals surface area contributed by atoms with Crippen molar-refractivity contribution in [3.63, 3.8) is 0 Å². The molecule has 2 aromatic carbocycles. The lowest BCUT2D eigenvalue weighted by Gasteiger charge is -2.45. The van der Waals surface area contributed by atoms with E-state index >= 15 is 0 Å². The summed E-state index contributed by atoms with van der Waals surface area (Å²) in [4.78, 5) is 0.324. The largest absolute Gasteiger partial charge is 0.497 e. The van der Waals surface area contributed by atoms with Crippen molar-refractivity contribution in [2.45, 2.75) is 108 Å². The maximum Gasteiger partial charge on any atom is 0.201 e. The van der Waals surface area contributed by atoms with Crippen molar-refractivity contribution in [3.05, 3.63) is 84.0 Å². The summed E-state index contributed by atoms with van der Waals surface area (Å²) < 4.78 is 52.1. The molecule has 0 aromatic heterocycles. The fourth-order valence-corrected chi connectivity index (χ4v) is 13.2. The van der Waals surface area contributed by atoms with Crippen LogP contribution in [0.25, 0.3) is 0 Å². The van der Waals surface area contributed by atoms with Gasteiger partial charge in [0.25, 0.3) is 0 Å². The van der Waals surface area contributed by atoms with Crippen LogP contribution in [0.5, 0.6) is 5.75 Å². The highest BCUT2D eigenvalue weighted by molar-refractivity contribution is 7.91. The van der Waals surface area contributed by atoms with Crippen molar-refractivity contribution in [2.24, 2.45) is 0 Å². The molecular formula is C35H52O6SSi. The van der Waals surface area contributed by atoms with Gasteiger partial charge in [-0.15, -0.1) is 0 Å². The van der Waals surface area contributed by atoms with E-state index in [4.69, 9.17) is 18.6 Å².